The van der Waals surface area contributed by atoms with Crippen LogP contribution in [0.4, 0.5) is 0 Å². The van der Waals surface area contributed by atoms with E-state index in [1.807, 2.05) is 0 Å². The maximum absolute atomic E-state index is 13.1. The number of amides is 1. The van der Waals surface area contributed by atoms with Gasteiger partial charge in [-0.05, 0) is 58.9 Å². The van der Waals surface area contributed by atoms with E-state index in [9.17, 15) is 4.79 Å². The van der Waals surface area contributed by atoms with Crippen molar-refractivity contribution >= 4 is 5.91 Å². The highest BCUT2D eigenvalue weighted by molar-refractivity contribution is 5.79. The average molecular weight is 366 g/mol. The van der Waals surface area contributed by atoms with Crippen molar-refractivity contribution in [3.8, 4) is 0 Å². The molecule has 4 atom stereocenters. The summed E-state index contributed by atoms with van der Waals surface area (Å²) in [6.07, 6.45) is 5.44. The van der Waals surface area contributed by atoms with Gasteiger partial charge in [0, 0.05) is 37.8 Å². The molecule has 3 aliphatic rings. The van der Waals surface area contributed by atoms with Gasteiger partial charge < -0.3 is 9.64 Å². The summed E-state index contributed by atoms with van der Waals surface area (Å²) in [7, 11) is 0. The summed E-state index contributed by atoms with van der Waals surface area (Å²) in [4.78, 5) is 20.3. The molecule has 2 saturated heterocycles. The van der Waals surface area contributed by atoms with Crippen molar-refractivity contribution < 1.29 is 9.53 Å². The monoisotopic (exact) mass is 365 g/mol. The third-order valence-corrected chi connectivity index (χ3v) is 6.43. The van der Waals surface area contributed by atoms with E-state index in [2.05, 4.69) is 49.3 Å². The van der Waals surface area contributed by atoms with Crippen LogP contribution in [0.1, 0.15) is 60.3 Å². The molecule has 0 aromatic heterocycles. The Balaban J connectivity index is 1.56. The van der Waals surface area contributed by atoms with Gasteiger partial charge in [-0.2, -0.15) is 0 Å². The molecule has 0 spiro atoms. The fourth-order valence-electron chi connectivity index (χ4n) is 4.73. The van der Waals surface area contributed by atoms with Crippen LogP contribution in [0.25, 0.3) is 0 Å². The third kappa shape index (κ3) is 4.99. The molecule has 150 valence electrons. The predicted octanol–water partition coefficient (Wildman–Crippen LogP) is 2.60. The van der Waals surface area contributed by atoms with Gasteiger partial charge in [-0.3, -0.25) is 14.6 Å². The van der Waals surface area contributed by atoms with Crippen LogP contribution in [-0.4, -0.2) is 83.7 Å². The van der Waals surface area contributed by atoms with E-state index in [4.69, 9.17) is 4.74 Å². The van der Waals surface area contributed by atoms with Crippen molar-refractivity contribution in [3.05, 3.63) is 0 Å². The van der Waals surface area contributed by atoms with E-state index in [0.717, 1.165) is 26.2 Å². The quantitative estimate of drug-likeness (QED) is 0.695. The average Bonchev–Trinajstić information content (AvgIpc) is 3.28. The van der Waals surface area contributed by atoms with E-state index in [1.165, 1.54) is 25.7 Å². The Labute approximate surface area is 160 Å². The summed E-state index contributed by atoms with van der Waals surface area (Å²) >= 11 is 0. The highest BCUT2D eigenvalue weighted by Gasteiger charge is 2.38. The van der Waals surface area contributed by atoms with Crippen LogP contribution in [0.3, 0.4) is 0 Å². The minimum Gasteiger partial charge on any atom is -0.373 e. The van der Waals surface area contributed by atoms with Crippen molar-refractivity contribution in [1.29, 1.82) is 0 Å². The lowest BCUT2D eigenvalue weighted by Gasteiger charge is -2.39. The Kier molecular flexibility index (Phi) is 6.63. The van der Waals surface area contributed by atoms with Crippen molar-refractivity contribution in [1.82, 2.24) is 14.7 Å². The first-order valence-corrected chi connectivity index (χ1v) is 10.8. The topological polar surface area (TPSA) is 36.0 Å². The number of likely N-dealkylation sites (tertiary alicyclic amines) is 1. The SMILES string of the molecule is CC1CN(CC2CCCN2CC(=O)N(C2CC2)C(C)C(C)C)CC(C)O1. The summed E-state index contributed by atoms with van der Waals surface area (Å²) in [5.41, 5.74) is 0. The van der Waals surface area contributed by atoms with Crippen LogP contribution in [0.2, 0.25) is 0 Å². The predicted molar refractivity (Wildman–Crippen MR) is 105 cm³/mol. The Morgan fingerprint density at radius 3 is 2.35 bits per heavy atom. The molecule has 0 aromatic carbocycles. The fraction of sp³-hybridized carbons (Fsp3) is 0.952. The van der Waals surface area contributed by atoms with E-state index in [0.29, 0.717) is 48.7 Å². The Bertz CT molecular complexity index is 470. The van der Waals surface area contributed by atoms with Gasteiger partial charge in [0.05, 0.1) is 18.8 Å². The van der Waals surface area contributed by atoms with Gasteiger partial charge in [-0.1, -0.05) is 13.8 Å². The number of hydrogen-bond donors (Lipinski definition) is 0. The smallest absolute Gasteiger partial charge is 0.237 e. The molecule has 3 rings (SSSR count). The highest BCUT2D eigenvalue weighted by atomic mass is 16.5. The van der Waals surface area contributed by atoms with Gasteiger partial charge in [0.1, 0.15) is 0 Å². The number of ether oxygens (including phenoxy) is 1. The van der Waals surface area contributed by atoms with Crippen molar-refractivity contribution in [3.63, 3.8) is 0 Å². The summed E-state index contributed by atoms with van der Waals surface area (Å²) < 4.78 is 5.87. The summed E-state index contributed by atoms with van der Waals surface area (Å²) in [5.74, 6) is 0.870. The summed E-state index contributed by atoms with van der Waals surface area (Å²) in [5, 5.41) is 0. The van der Waals surface area contributed by atoms with Crippen molar-refractivity contribution in [2.75, 3.05) is 32.7 Å². The Hall–Kier alpha value is -0.650. The second-order valence-electron chi connectivity index (χ2n) is 9.26. The number of nitrogens with zero attached hydrogens (tertiary/aromatic N) is 3. The van der Waals surface area contributed by atoms with E-state index in [-0.39, 0.29) is 0 Å². The molecule has 1 saturated carbocycles. The molecule has 2 heterocycles. The molecule has 1 amide bonds. The standard InChI is InChI=1S/C21H39N3O2/c1-15(2)18(5)24(19-8-9-19)21(25)14-23-10-6-7-20(23)13-22-11-16(3)26-17(4)12-22/h15-20H,6-14H2,1-5H3. The second kappa shape index (κ2) is 8.57. The maximum Gasteiger partial charge on any atom is 0.237 e. The molecule has 0 bridgehead atoms. The molecular weight excluding hydrogens is 326 g/mol. The summed E-state index contributed by atoms with van der Waals surface area (Å²) in [6.45, 7) is 15.8. The maximum atomic E-state index is 13.1. The lowest BCUT2D eigenvalue weighted by molar-refractivity contribution is -0.136. The zero-order chi connectivity index (χ0) is 18.8. The summed E-state index contributed by atoms with van der Waals surface area (Å²) in [6, 6.07) is 1.37. The van der Waals surface area contributed by atoms with Crippen LogP contribution in [0.15, 0.2) is 0 Å². The first-order chi connectivity index (χ1) is 12.3. The van der Waals surface area contributed by atoms with Crippen LogP contribution in [-0.2, 0) is 9.53 Å². The second-order valence-corrected chi connectivity index (χ2v) is 9.26. The zero-order valence-corrected chi connectivity index (χ0v) is 17.5. The minimum absolute atomic E-state index is 0.312. The van der Waals surface area contributed by atoms with Gasteiger partial charge in [0.25, 0.3) is 0 Å². The van der Waals surface area contributed by atoms with Crippen LogP contribution in [0, 0.1) is 5.92 Å². The molecule has 4 unspecified atom stereocenters. The lowest BCUT2D eigenvalue weighted by Crippen LogP contribution is -2.52. The van der Waals surface area contributed by atoms with E-state index >= 15 is 0 Å². The van der Waals surface area contributed by atoms with Gasteiger partial charge in [0.15, 0.2) is 0 Å². The minimum atomic E-state index is 0.312. The fourth-order valence-corrected chi connectivity index (χ4v) is 4.73. The molecule has 0 radical (unpaired) electrons. The molecule has 1 aliphatic carbocycles. The molecule has 3 fully saturated rings. The van der Waals surface area contributed by atoms with Crippen molar-refractivity contribution in [2.45, 2.75) is 90.6 Å². The molecule has 0 aromatic rings. The number of morpholine rings is 1. The van der Waals surface area contributed by atoms with Gasteiger partial charge in [-0.15, -0.1) is 0 Å². The molecule has 0 N–H and O–H groups in total. The third-order valence-electron chi connectivity index (χ3n) is 6.43. The lowest BCUT2D eigenvalue weighted by atomic mass is 10.0. The van der Waals surface area contributed by atoms with Crippen LogP contribution >= 0.6 is 0 Å². The van der Waals surface area contributed by atoms with Crippen LogP contribution in [0.5, 0.6) is 0 Å². The molecule has 5 nitrogen and oxygen atoms in total. The number of rotatable bonds is 7. The molecule has 2 aliphatic heterocycles. The number of carbonyl (C=O) groups excluding carboxylic acids is 1. The van der Waals surface area contributed by atoms with Gasteiger partial charge in [-0.25, -0.2) is 0 Å². The van der Waals surface area contributed by atoms with E-state index < -0.39 is 0 Å². The normalized spacial score (nSPS) is 32.2. The molecule has 5 heteroatoms. The van der Waals surface area contributed by atoms with E-state index in [1.54, 1.807) is 0 Å². The number of hydrogen-bond acceptors (Lipinski definition) is 4. The Morgan fingerprint density at radius 2 is 1.77 bits per heavy atom. The highest BCUT2D eigenvalue weighted by Crippen LogP contribution is 2.31. The van der Waals surface area contributed by atoms with Crippen LogP contribution < -0.4 is 0 Å². The Morgan fingerprint density at radius 1 is 1.12 bits per heavy atom. The zero-order valence-electron chi connectivity index (χ0n) is 17.5. The number of carbonyl (C=O) groups is 1. The largest absolute Gasteiger partial charge is 0.373 e. The first kappa shape index (κ1) is 20.1. The van der Waals surface area contributed by atoms with Gasteiger partial charge >= 0.3 is 0 Å². The molecular formula is C21H39N3O2. The van der Waals surface area contributed by atoms with Crippen molar-refractivity contribution in [2.24, 2.45) is 5.92 Å². The van der Waals surface area contributed by atoms with Gasteiger partial charge in [0.2, 0.25) is 5.91 Å². The first-order valence-electron chi connectivity index (χ1n) is 10.8. The molecule has 26 heavy (non-hydrogen) atoms.